The van der Waals surface area contributed by atoms with Gasteiger partial charge in [0.1, 0.15) is 0 Å². The number of amides is 1. The van der Waals surface area contributed by atoms with Gasteiger partial charge in [-0.25, -0.2) is 0 Å². The predicted molar refractivity (Wildman–Crippen MR) is 70.0 cm³/mol. The summed E-state index contributed by atoms with van der Waals surface area (Å²) >= 11 is 0. The van der Waals surface area contributed by atoms with E-state index in [0.29, 0.717) is 13.1 Å². The molecule has 1 aromatic heterocycles. The Morgan fingerprint density at radius 2 is 2.44 bits per heavy atom. The average molecular weight is 251 g/mol. The zero-order chi connectivity index (χ0) is 13.5. The number of nitrogens with zero attached hydrogens (tertiary/aromatic N) is 2. The van der Waals surface area contributed by atoms with Crippen molar-refractivity contribution in [3.8, 4) is 0 Å². The first-order valence-electron chi connectivity index (χ1n) is 6.11. The number of carbonyl (C=O) groups excluding carboxylic acids is 1. The van der Waals surface area contributed by atoms with Crippen molar-refractivity contribution in [2.24, 2.45) is 0 Å². The highest BCUT2D eigenvalue weighted by atomic mass is 16.5. The van der Waals surface area contributed by atoms with Gasteiger partial charge < -0.3 is 9.84 Å². The van der Waals surface area contributed by atoms with Gasteiger partial charge in [0, 0.05) is 12.6 Å². The first-order chi connectivity index (χ1) is 8.58. The Morgan fingerprint density at radius 3 is 3.00 bits per heavy atom. The summed E-state index contributed by atoms with van der Waals surface area (Å²) in [6, 6.07) is 1.70. The van der Waals surface area contributed by atoms with Gasteiger partial charge in [0.25, 0.3) is 0 Å². The van der Waals surface area contributed by atoms with Crippen LogP contribution in [0.25, 0.3) is 0 Å². The monoisotopic (exact) mass is 251 g/mol. The number of aryl methyl sites for hydroxylation is 1. The molecule has 0 spiro atoms. The van der Waals surface area contributed by atoms with Gasteiger partial charge in [-0.1, -0.05) is 18.2 Å². The summed E-state index contributed by atoms with van der Waals surface area (Å²) < 4.78 is 5.20. The average Bonchev–Trinajstić information content (AvgIpc) is 2.82. The van der Waals surface area contributed by atoms with Crippen molar-refractivity contribution in [3.63, 3.8) is 0 Å². The third-order valence-electron chi connectivity index (χ3n) is 2.84. The molecule has 0 fully saturated rings. The molecule has 0 radical (unpaired) electrons. The van der Waals surface area contributed by atoms with E-state index >= 15 is 0 Å². The molecule has 0 saturated heterocycles. The number of hydrogen-bond donors (Lipinski definition) is 1. The van der Waals surface area contributed by atoms with E-state index in [4.69, 9.17) is 4.52 Å². The molecular weight excluding hydrogens is 230 g/mol. The van der Waals surface area contributed by atoms with E-state index in [2.05, 4.69) is 17.1 Å². The number of hydrogen-bond acceptors (Lipinski definition) is 4. The molecule has 1 N–H and O–H groups in total. The minimum absolute atomic E-state index is 0.0207. The van der Waals surface area contributed by atoms with E-state index in [1.807, 2.05) is 31.9 Å². The fourth-order valence-corrected chi connectivity index (χ4v) is 1.50. The Balaban J connectivity index is 2.50. The van der Waals surface area contributed by atoms with Gasteiger partial charge in [-0.15, -0.1) is 6.58 Å². The van der Waals surface area contributed by atoms with E-state index in [1.54, 1.807) is 6.08 Å². The zero-order valence-electron chi connectivity index (χ0n) is 11.3. The molecule has 5 heteroatoms. The molecule has 0 bridgehead atoms. The second-order valence-electron chi connectivity index (χ2n) is 4.26. The van der Waals surface area contributed by atoms with Crippen molar-refractivity contribution < 1.29 is 9.32 Å². The van der Waals surface area contributed by atoms with Crippen molar-refractivity contribution >= 4 is 5.91 Å². The standard InChI is InChI=1S/C13H21N3O2/c1-5-7-14-13(17)10(3)16(4)9-12-8-11(6-2)15-18-12/h5,8,10H,1,6-7,9H2,2-4H3,(H,14,17)/t10-/m0/s1. The fourth-order valence-electron chi connectivity index (χ4n) is 1.50. The molecular formula is C13H21N3O2. The van der Waals surface area contributed by atoms with Crippen molar-refractivity contribution in [1.29, 1.82) is 0 Å². The highest BCUT2D eigenvalue weighted by Crippen LogP contribution is 2.09. The van der Waals surface area contributed by atoms with Gasteiger partial charge in [-0.3, -0.25) is 9.69 Å². The Hall–Kier alpha value is -1.62. The zero-order valence-corrected chi connectivity index (χ0v) is 11.3. The van der Waals surface area contributed by atoms with Crippen LogP contribution in [0.2, 0.25) is 0 Å². The normalized spacial score (nSPS) is 12.4. The Kier molecular flexibility index (Phi) is 5.58. The second-order valence-corrected chi connectivity index (χ2v) is 4.26. The highest BCUT2D eigenvalue weighted by molar-refractivity contribution is 5.81. The molecule has 5 nitrogen and oxygen atoms in total. The van der Waals surface area contributed by atoms with Crippen LogP contribution in [0.3, 0.4) is 0 Å². The number of nitrogens with one attached hydrogen (secondary N) is 1. The lowest BCUT2D eigenvalue weighted by molar-refractivity contribution is -0.125. The van der Waals surface area contributed by atoms with Crippen molar-refractivity contribution in [3.05, 3.63) is 30.2 Å². The van der Waals surface area contributed by atoms with E-state index < -0.39 is 0 Å². The van der Waals surface area contributed by atoms with E-state index in [0.717, 1.165) is 17.9 Å². The maximum atomic E-state index is 11.7. The first kappa shape index (κ1) is 14.4. The van der Waals surface area contributed by atoms with Gasteiger partial charge in [0.05, 0.1) is 18.3 Å². The second kappa shape index (κ2) is 6.96. The summed E-state index contributed by atoms with van der Waals surface area (Å²) in [6.07, 6.45) is 2.51. The number of carbonyl (C=O) groups is 1. The van der Waals surface area contributed by atoms with Crippen LogP contribution in [0.15, 0.2) is 23.2 Å². The maximum Gasteiger partial charge on any atom is 0.237 e. The van der Waals surface area contributed by atoms with Gasteiger partial charge in [-0.2, -0.15) is 0 Å². The topological polar surface area (TPSA) is 58.4 Å². The van der Waals surface area contributed by atoms with Crippen molar-refractivity contribution in [1.82, 2.24) is 15.4 Å². The summed E-state index contributed by atoms with van der Waals surface area (Å²) in [5, 5.41) is 6.70. The summed E-state index contributed by atoms with van der Waals surface area (Å²) in [5.74, 6) is 0.755. The quantitative estimate of drug-likeness (QED) is 0.743. The van der Waals surface area contributed by atoms with Gasteiger partial charge in [-0.05, 0) is 20.4 Å². The lowest BCUT2D eigenvalue weighted by atomic mass is 10.2. The largest absolute Gasteiger partial charge is 0.360 e. The summed E-state index contributed by atoms with van der Waals surface area (Å²) in [6.45, 7) is 8.50. The van der Waals surface area contributed by atoms with E-state index in [9.17, 15) is 4.79 Å². The lowest BCUT2D eigenvalue weighted by Crippen LogP contribution is -2.42. The minimum atomic E-state index is -0.222. The molecule has 18 heavy (non-hydrogen) atoms. The van der Waals surface area contributed by atoms with Crippen LogP contribution in [0.5, 0.6) is 0 Å². The molecule has 1 atom stereocenters. The molecule has 0 aliphatic rings. The number of likely N-dealkylation sites (N-methyl/N-ethyl adjacent to an activating group) is 1. The maximum absolute atomic E-state index is 11.7. The third-order valence-corrected chi connectivity index (χ3v) is 2.84. The van der Waals surface area contributed by atoms with Crippen LogP contribution >= 0.6 is 0 Å². The van der Waals surface area contributed by atoms with Crippen molar-refractivity contribution in [2.75, 3.05) is 13.6 Å². The van der Waals surface area contributed by atoms with Crippen LogP contribution in [0, 0.1) is 0 Å². The molecule has 0 aliphatic heterocycles. The SMILES string of the molecule is C=CCNC(=O)[C@H](C)N(C)Cc1cc(CC)no1. The molecule has 0 aromatic carbocycles. The first-order valence-corrected chi connectivity index (χ1v) is 6.11. The third kappa shape index (κ3) is 4.00. The Labute approximate surface area is 108 Å². The predicted octanol–water partition coefficient (Wildman–Crippen LogP) is 1.36. The highest BCUT2D eigenvalue weighted by Gasteiger charge is 2.18. The Morgan fingerprint density at radius 1 is 1.72 bits per heavy atom. The molecule has 1 heterocycles. The van der Waals surface area contributed by atoms with Gasteiger partial charge in [0.15, 0.2) is 5.76 Å². The van der Waals surface area contributed by atoms with Gasteiger partial charge >= 0.3 is 0 Å². The van der Waals surface area contributed by atoms with Crippen LogP contribution in [0.4, 0.5) is 0 Å². The van der Waals surface area contributed by atoms with E-state index in [1.165, 1.54) is 0 Å². The van der Waals surface area contributed by atoms with Crippen LogP contribution in [-0.4, -0.2) is 35.6 Å². The fraction of sp³-hybridized carbons (Fsp3) is 0.538. The Bertz CT molecular complexity index is 401. The molecule has 0 saturated carbocycles. The summed E-state index contributed by atoms with van der Waals surface area (Å²) in [7, 11) is 1.88. The number of aromatic nitrogens is 1. The molecule has 1 amide bonds. The van der Waals surface area contributed by atoms with Crippen molar-refractivity contribution in [2.45, 2.75) is 32.9 Å². The molecule has 0 aliphatic carbocycles. The van der Waals surface area contributed by atoms with Crippen LogP contribution in [-0.2, 0) is 17.8 Å². The molecule has 1 rings (SSSR count). The summed E-state index contributed by atoms with van der Waals surface area (Å²) in [5.41, 5.74) is 0.933. The smallest absolute Gasteiger partial charge is 0.237 e. The minimum Gasteiger partial charge on any atom is -0.360 e. The van der Waals surface area contributed by atoms with E-state index in [-0.39, 0.29) is 11.9 Å². The van der Waals surface area contributed by atoms with Crippen LogP contribution < -0.4 is 5.32 Å². The summed E-state index contributed by atoms with van der Waals surface area (Å²) in [4.78, 5) is 13.7. The lowest BCUT2D eigenvalue weighted by Gasteiger charge is -2.22. The molecule has 0 unspecified atom stereocenters. The number of rotatable bonds is 7. The molecule has 100 valence electrons. The van der Waals surface area contributed by atoms with Gasteiger partial charge in [0.2, 0.25) is 5.91 Å². The molecule has 1 aromatic rings. The van der Waals surface area contributed by atoms with Crippen LogP contribution in [0.1, 0.15) is 25.3 Å².